The molecule has 0 aromatic rings. The van der Waals surface area contributed by atoms with Gasteiger partial charge in [-0.25, -0.2) is 8.42 Å². The number of hydrogen-bond donors (Lipinski definition) is 2. The minimum absolute atomic E-state index is 0.0599. The third kappa shape index (κ3) is 4.94. The average molecular weight is 248 g/mol. The lowest BCUT2D eigenvalue weighted by Crippen LogP contribution is -2.40. The molecule has 6 heteroatoms. The van der Waals surface area contributed by atoms with Crippen LogP contribution in [0.1, 0.15) is 40.0 Å². The summed E-state index contributed by atoms with van der Waals surface area (Å²) in [6.45, 7) is 6.46. The molecule has 1 amide bonds. The molecule has 0 heterocycles. The van der Waals surface area contributed by atoms with E-state index >= 15 is 0 Å². The van der Waals surface area contributed by atoms with Gasteiger partial charge in [0.25, 0.3) is 0 Å². The van der Waals surface area contributed by atoms with Crippen molar-refractivity contribution in [2.24, 2.45) is 0 Å². The van der Waals surface area contributed by atoms with Crippen molar-refractivity contribution < 1.29 is 13.2 Å². The van der Waals surface area contributed by atoms with Gasteiger partial charge in [0.15, 0.2) is 0 Å². The van der Waals surface area contributed by atoms with Gasteiger partial charge in [0.1, 0.15) is 0 Å². The molecule has 0 saturated heterocycles. The fraction of sp³-hybridized carbons (Fsp3) is 0.900. The standard InChI is InChI=1S/C10H20N2O3S/c1-10(2,3)11-7-6-9(13)12-16(14,15)8-4-5-8/h8,11H,4-7H2,1-3H3,(H,12,13). The largest absolute Gasteiger partial charge is 0.312 e. The molecule has 1 fully saturated rings. The molecule has 0 aromatic carbocycles. The summed E-state index contributed by atoms with van der Waals surface area (Å²) in [5, 5.41) is 2.79. The molecule has 0 radical (unpaired) electrons. The number of carbonyl (C=O) groups excluding carboxylic acids is 1. The number of amides is 1. The van der Waals surface area contributed by atoms with E-state index in [-0.39, 0.29) is 17.2 Å². The fourth-order valence-corrected chi connectivity index (χ4v) is 2.57. The molecule has 0 unspecified atom stereocenters. The first kappa shape index (κ1) is 13.4. The van der Waals surface area contributed by atoms with Gasteiger partial charge in [0.05, 0.1) is 5.25 Å². The zero-order valence-electron chi connectivity index (χ0n) is 10.0. The second-order valence-electron chi connectivity index (χ2n) is 5.20. The van der Waals surface area contributed by atoms with Crippen LogP contribution in [0, 0.1) is 0 Å². The molecule has 1 aliphatic rings. The van der Waals surface area contributed by atoms with Crippen LogP contribution in [-0.2, 0) is 14.8 Å². The van der Waals surface area contributed by atoms with E-state index < -0.39 is 15.9 Å². The molecular weight excluding hydrogens is 228 g/mol. The predicted octanol–water partition coefficient (Wildman–Crippen LogP) is 0.373. The first-order valence-corrected chi connectivity index (χ1v) is 7.05. The van der Waals surface area contributed by atoms with E-state index in [1.54, 1.807) is 0 Å². The fourth-order valence-electron chi connectivity index (χ4n) is 1.22. The molecule has 0 aromatic heterocycles. The van der Waals surface area contributed by atoms with E-state index in [1.807, 2.05) is 20.8 Å². The van der Waals surface area contributed by atoms with Crippen molar-refractivity contribution in [3.8, 4) is 0 Å². The van der Waals surface area contributed by atoms with Crippen molar-refractivity contribution >= 4 is 15.9 Å². The Balaban J connectivity index is 2.26. The van der Waals surface area contributed by atoms with Crippen LogP contribution in [0.5, 0.6) is 0 Å². The summed E-state index contributed by atoms with van der Waals surface area (Å²) in [4.78, 5) is 11.3. The monoisotopic (exact) mass is 248 g/mol. The highest BCUT2D eigenvalue weighted by Crippen LogP contribution is 2.27. The Morgan fingerprint density at radius 3 is 2.31 bits per heavy atom. The molecule has 0 aliphatic heterocycles. The Hall–Kier alpha value is -0.620. The predicted molar refractivity (Wildman–Crippen MR) is 62.5 cm³/mol. The summed E-state index contributed by atoms with van der Waals surface area (Å²) in [5.41, 5.74) is -0.0599. The van der Waals surface area contributed by atoms with Crippen molar-refractivity contribution in [1.82, 2.24) is 10.0 Å². The first-order valence-electron chi connectivity index (χ1n) is 5.50. The van der Waals surface area contributed by atoms with Gasteiger partial charge in [0, 0.05) is 18.5 Å². The van der Waals surface area contributed by atoms with Crippen LogP contribution in [0.4, 0.5) is 0 Å². The zero-order chi connectivity index (χ0) is 12.4. The Kier molecular flexibility index (Phi) is 3.96. The Morgan fingerprint density at radius 2 is 1.88 bits per heavy atom. The second-order valence-corrected chi connectivity index (χ2v) is 7.16. The number of rotatable bonds is 5. The van der Waals surface area contributed by atoms with Crippen LogP contribution >= 0.6 is 0 Å². The second kappa shape index (κ2) is 4.71. The Labute approximate surface area is 97.0 Å². The average Bonchev–Trinajstić information content (AvgIpc) is 2.80. The van der Waals surface area contributed by atoms with Gasteiger partial charge in [0.2, 0.25) is 15.9 Å². The van der Waals surface area contributed by atoms with Gasteiger partial charge in [-0.1, -0.05) is 0 Å². The molecule has 0 atom stereocenters. The molecule has 16 heavy (non-hydrogen) atoms. The number of sulfonamides is 1. The van der Waals surface area contributed by atoms with E-state index in [1.165, 1.54) is 0 Å². The Bertz CT molecular complexity index is 353. The summed E-state index contributed by atoms with van der Waals surface area (Å²) in [6.07, 6.45) is 1.52. The SMILES string of the molecule is CC(C)(C)NCCC(=O)NS(=O)(=O)C1CC1. The van der Waals surface area contributed by atoms with Gasteiger partial charge in [-0.15, -0.1) is 0 Å². The van der Waals surface area contributed by atoms with E-state index in [2.05, 4.69) is 10.0 Å². The third-order valence-electron chi connectivity index (χ3n) is 2.23. The van der Waals surface area contributed by atoms with Gasteiger partial charge < -0.3 is 5.32 Å². The maximum absolute atomic E-state index is 11.4. The van der Waals surface area contributed by atoms with Gasteiger partial charge in [-0.3, -0.25) is 9.52 Å². The summed E-state index contributed by atoms with van der Waals surface area (Å²) in [5.74, 6) is -0.427. The molecule has 2 N–H and O–H groups in total. The summed E-state index contributed by atoms with van der Waals surface area (Å²) >= 11 is 0. The van der Waals surface area contributed by atoms with Crippen LogP contribution < -0.4 is 10.0 Å². The number of nitrogens with one attached hydrogen (secondary N) is 2. The quantitative estimate of drug-likeness (QED) is 0.737. The highest BCUT2D eigenvalue weighted by molar-refractivity contribution is 7.90. The normalized spacial score (nSPS) is 17.2. The van der Waals surface area contributed by atoms with Gasteiger partial charge in [-0.05, 0) is 33.6 Å². The molecule has 0 bridgehead atoms. The topological polar surface area (TPSA) is 75.3 Å². The lowest BCUT2D eigenvalue weighted by Gasteiger charge is -2.20. The maximum atomic E-state index is 11.4. The van der Waals surface area contributed by atoms with Crippen molar-refractivity contribution in [2.45, 2.75) is 50.8 Å². The molecule has 1 rings (SSSR count). The van der Waals surface area contributed by atoms with Crippen LogP contribution in [0.15, 0.2) is 0 Å². The van der Waals surface area contributed by atoms with Crippen molar-refractivity contribution in [3.63, 3.8) is 0 Å². The maximum Gasteiger partial charge on any atom is 0.237 e. The first-order chi connectivity index (χ1) is 7.21. The van der Waals surface area contributed by atoms with Crippen LogP contribution in [0.3, 0.4) is 0 Å². The summed E-state index contributed by atoms with van der Waals surface area (Å²) in [6, 6.07) is 0. The molecular formula is C10H20N2O3S. The molecule has 0 spiro atoms. The van der Waals surface area contributed by atoms with E-state index in [4.69, 9.17) is 0 Å². The summed E-state index contributed by atoms with van der Waals surface area (Å²) in [7, 11) is -3.38. The highest BCUT2D eigenvalue weighted by Gasteiger charge is 2.36. The van der Waals surface area contributed by atoms with Crippen LogP contribution in [-0.4, -0.2) is 31.7 Å². The van der Waals surface area contributed by atoms with Crippen molar-refractivity contribution in [3.05, 3.63) is 0 Å². The molecule has 94 valence electrons. The molecule has 1 aliphatic carbocycles. The highest BCUT2D eigenvalue weighted by atomic mass is 32.2. The van der Waals surface area contributed by atoms with Crippen LogP contribution in [0.25, 0.3) is 0 Å². The molecule has 5 nitrogen and oxygen atoms in total. The smallest absolute Gasteiger partial charge is 0.237 e. The zero-order valence-corrected chi connectivity index (χ0v) is 10.9. The summed E-state index contributed by atoms with van der Waals surface area (Å²) < 4.78 is 24.9. The van der Waals surface area contributed by atoms with Gasteiger partial charge >= 0.3 is 0 Å². The minimum Gasteiger partial charge on any atom is -0.312 e. The lowest BCUT2D eigenvalue weighted by molar-refractivity contribution is -0.119. The van der Waals surface area contributed by atoms with Crippen molar-refractivity contribution in [2.75, 3.05) is 6.54 Å². The van der Waals surface area contributed by atoms with Crippen LogP contribution in [0.2, 0.25) is 0 Å². The van der Waals surface area contributed by atoms with E-state index in [0.29, 0.717) is 19.4 Å². The number of hydrogen-bond acceptors (Lipinski definition) is 4. The van der Waals surface area contributed by atoms with Crippen molar-refractivity contribution in [1.29, 1.82) is 0 Å². The number of carbonyl (C=O) groups is 1. The van der Waals surface area contributed by atoms with Gasteiger partial charge in [-0.2, -0.15) is 0 Å². The molecule has 1 saturated carbocycles. The minimum atomic E-state index is -3.38. The van der Waals surface area contributed by atoms with E-state index in [9.17, 15) is 13.2 Å². The Morgan fingerprint density at radius 1 is 1.31 bits per heavy atom. The van der Waals surface area contributed by atoms with E-state index in [0.717, 1.165) is 0 Å². The third-order valence-corrected chi connectivity index (χ3v) is 4.09. The lowest BCUT2D eigenvalue weighted by atomic mass is 10.1.